The summed E-state index contributed by atoms with van der Waals surface area (Å²) in [6, 6.07) is 4.10. The molecule has 2 heterocycles. The molecule has 3 rings (SSSR count). The maximum Gasteiger partial charge on any atom is 0.101 e. The number of anilines is 1. The third kappa shape index (κ3) is 2.08. The van der Waals surface area contributed by atoms with Gasteiger partial charge in [-0.05, 0) is 30.7 Å². The molecule has 3 heteroatoms. The first-order chi connectivity index (χ1) is 8.88. The molecule has 3 nitrogen and oxygen atoms in total. The van der Waals surface area contributed by atoms with E-state index in [0.717, 1.165) is 36.2 Å². The minimum absolute atomic E-state index is 0.763. The van der Waals surface area contributed by atoms with Crippen LogP contribution in [0.4, 0.5) is 5.69 Å². The summed E-state index contributed by atoms with van der Waals surface area (Å²) in [6.07, 6.45) is 10.4. The van der Waals surface area contributed by atoms with Crippen molar-refractivity contribution in [3.8, 4) is 6.07 Å². The van der Waals surface area contributed by atoms with Gasteiger partial charge in [0.05, 0.1) is 17.4 Å². The summed E-state index contributed by atoms with van der Waals surface area (Å²) in [5, 5.41) is 9.18. The second kappa shape index (κ2) is 4.97. The van der Waals surface area contributed by atoms with Gasteiger partial charge in [-0.25, -0.2) is 0 Å². The molecule has 1 aliphatic carbocycles. The summed E-state index contributed by atoms with van der Waals surface area (Å²) < 4.78 is 0. The quantitative estimate of drug-likeness (QED) is 0.759. The number of nitriles is 1. The number of hydrogen-bond acceptors (Lipinski definition) is 3. The molecule has 1 saturated carbocycles. The lowest BCUT2D eigenvalue weighted by Gasteiger charge is -2.42. The van der Waals surface area contributed by atoms with Gasteiger partial charge in [0.1, 0.15) is 6.07 Å². The molecule has 2 fully saturated rings. The average Bonchev–Trinajstić information content (AvgIpc) is 2.46. The molecular formula is C15H19N3. The van der Waals surface area contributed by atoms with Crippen molar-refractivity contribution in [2.24, 2.45) is 11.8 Å². The molecule has 1 saturated heterocycles. The van der Waals surface area contributed by atoms with Crippen LogP contribution in [-0.2, 0) is 0 Å². The van der Waals surface area contributed by atoms with Gasteiger partial charge in [0.15, 0.2) is 0 Å². The van der Waals surface area contributed by atoms with Gasteiger partial charge in [-0.3, -0.25) is 4.98 Å². The van der Waals surface area contributed by atoms with Crippen molar-refractivity contribution in [2.75, 3.05) is 18.0 Å². The predicted octanol–water partition coefficient (Wildman–Crippen LogP) is 2.97. The fourth-order valence-corrected chi connectivity index (χ4v) is 3.55. The fraction of sp³-hybridized carbons (Fsp3) is 0.600. The smallest absolute Gasteiger partial charge is 0.101 e. The van der Waals surface area contributed by atoms with Crippen LogP contribution in [-0.4, -0.2) is 18.1 Å². The SMILES string of the molecule is N#Cc1ccncc1N1CCC2CCCCC2C1. The Morgan fingerprint density at radius 2 is 2.06 bits per heavy atom. The summed E-state index contributed by atoms with van der Waals surface area (Å²) in [5.74, 6) is 1.76. The Kier molecular flexibility index (Phi) is 3.19. The highest BCUT2D eigenvalue weighted by Crippen LogP contribution is 2.37. The van der Waals surface area contributed by atoms with Gasteiger partial charge in [-0.2, -0.15) is 5.26 Å². The molecule has 2 aliphatic rings. The average molecular weight is 241 g/mol. The topological polar surface area (TPSA) is 39.9 Å². The lowest BCUT2D eigenvalue weighted by Crippen LogP contribution is -2.42. The summed E-state index contributed by atoms with van der Waals surface area (Å²) in [7, 11) is 0. The van der Waals surface area contributed by atoms with Crippen LogP contribution < -0.4 is 4.90 Å². The number of rotatable bonds is 1. The summed E-state index contributed by atoms with van der Waals surface area (Å²) >= 11 is 0. The van der Waals surface area contributed by atoms with Gasteiger partial charge >= 0.3 is 0 Å². The molecule has 2 atom stereocenters. The molecule has 0 amide bonds. The lowest BCUT2D eigenvalue weighted by atomic mass is 9.75. The summed E-state index contributed by atoms with van der Waals surface area (Å²) in [4.78, 5) is 6.55. The van der Waals surface area contributed by atoms with Crippen LogP contribution in [0.1, 0.15) is 37.7 Å². The Hall–Kier alpha value is -1.56. The molecule has 18 heavy (non-hydrogen) atoms. The molecule has 2 unspecified atom stereocenters. The maximum absolute atomic E-state index is 9.18. The zero-order valence-corrected chi connectivity index (χ0v) is 10.7. The molecule has 1 aliphatic heterocycles. The number of aromatic nitrogens is 1. The maximum atomic E-state index is 9.18. The van der Waals surface area contributed by atoms with E-state index in [0.29, 0.717) is 0 Å². The van der Waals surface area contributed by atoms with Crippen LogP contribution in [0, 0.1) is 23.2 Å². The number of fused-ring (bicyclic) bond motifs is 1. The minimum atomic E-state index is 0.763. The van der Waals surface area contributed by atoms with Gasteiger partial charge in [0.25, 0.3) is 0 Å². The van der Waals surface area contributed by atoms with E-state index in [-0.39, 0.29) is 0 Å². The van der Waals surface area contributed by atoms with Gasteiger partial charge in [-0.15, -0.1) is 0 Å². The van der Waals surface area contributed by atoms with Gasteiger partial charge in [0.2, 0.25) is 0 Å². The van der Waals surface area contributed by atoms with E-state index in [2.05, 4.69) is 16.0 Å². The number of piperidine rings is 1. The number of hydrogen-bond donors (Lipinski definition) is 0. The highest BCUT2D eigenvalue weighted by atomic mass is 15.1. The third-order valence-electron chi connectivity index (χ3n) is 4.55. The normalized spacial score (nSPS) is 27.4. The van der Waals surface area contributed by atoms with Crippen LogP contribution >= 0.6 is 0 Å². The van der Waals surface area contributed by atoms with Crippen molar-refractivity contribution in [1.82, 2.24) is 4.98 Å². The van der Waals surface area contributed by atoms with E-state index in [9.17, 15) is 5.26 Å². The molecule has 0 spiro atoms. The first-order valence-corrected chi connectivity index (χ1v) is 6.97. The molecule has 0 N–H and O–H groups in total. The van der Waals surface area contributed by atoms with E-state index in [1.165, 1.54) is 32.1 Å². The van der Waals surface area contributed by atoms with Gasteiger partial charge < -0.3 is 4.90 Å². The second-order valence-corrected chi connectivity index (χ2v) is 5.54. The molecule has 94 valence electrons. The van der Waals surface area contributed by atoms with E-state index in [1.807, 2.05) is 12.3 Å². The van der Waals surface area contributed by atoms with Crippen molar-refractivity contribution in [1.29, 1.82) is 5.26 Å². The number of nitrogens with zero attached hydrogens (tertiary/aromatic N) is 3. The highest BCUT2D eigenvalue weighted by Gasteiger charge is 2.31. The van der Waals surface area contributed by atoms with E-state index in [1.54, 1.807) is 6.20 Å². The van der Waals surface area contributed by atoms with Crippen molar-refractivity contribution in [3.05, 3.63) is 24.0 Å². The zero-order chi connectivity index (χ0) is 12.4. The molecular weight excluding hydrogens is 222 g/mol. The Labute approximate surface area is 108 Å². The van der Waals surface area contributed by atoms with Crippen molar-refractivity contribution >= 4 is 5.69 Å². The third-order valence-corrected chi connectivity index (χ3v) is 4.55. The monoisotopic (exact) mass is 241 g/mol. The Bertz CT molecular complexity index is 463. The molecule has 0 aromatic carbocycles. The number of pyridine rings is 1. The van der Waals surface area contributed by atoms with E-state index >= 15 is 0 Å². The van der Waals surface area contributed by atoms with Gasteiger partial charge in [0, 0.05) is 19.3 Å². The standard InChI is InChI=1S/C15H19N3/c16-9-13-5-7-17-10-15(13)18-8-6-12-3-1-2-4-14(12)11-18/h5,7,10,12,14H,1-4,6,8,11H2. The first kappa shape index (κ1) is 11.5. The summed E-state index contributed by atoms with van der Waals surface area (Å²) in [6.45, 7) is 2.20. The van der Waals surface area contributed by atoms with Crippen LogP contribution in [0.3, 0.4) is 0 Å². The Balaban J connectivity index is 1.79. The zero-order valence-electron chi connectivity index (χ0n) is 10.7. The van der Waals surface area contributed by atoms with Crippen molar-refractivity contribution < 1.29 is 0 Å². The molecule has 0 bridgehead atoms. The molecule has 1 aromatic rings. The largest absolute Gasteiger partial charge is 0.369 e. The predicted molar refractivity (Wildman–Crippen MR) is 71.2 cm³/mol. The lowest BCUT2D eigenvalue weighted by molar-refractivity contribution is 0.202. The summed E-state index contributed by atoms with van der Waals surface area (Å²) in [5.41, 5.74) is 1.79. The van der Waals surface area contributed by atoms with E-state index < -0.39 is 0 Å². The van der Waals surface area contributed by atoms with Crippen LogP contribution in [0.5, 0.6) is 0 Å². The molecule has 1 aromatic heterocycles. The van der Waals surface area contributed by atoms with Crippen LogP contribution in [0.2, 0.25) is 0 Å². The minimum Gasteiger partial charge on any atom is -0.369 e. The first-order valence-electron chi connectivity index (χ1n) is 6.97. The second-order valence-electron chi connectivity index (χ2n) is 5.54. The van der Waals surface area contributed by atoms with Gasteiger partial charge in [-0.1, -0.05) is 19.3 Å². The fourth-order valence-electron chi connectivity index (χ4n) is 3.55. The Morgan fingerprint density at radius 1 is 1.22 bits per heavy atom. The molecule has 0 radical (unpaired) electrons. The van der Waals surface area contributed by atoms with Crippen molar-refractivity contribution in [3.63, 3.8) is 0 Å². The van der Waals surface area contributed by atoms with Crippen LogP contribution in [0.15, 0.2) is 18.5 Å². The van der Waals surface area contributed by atoms with Crippen molar-refractivity contribution in [2.45, 2.75) is 32.1 Å². The van der Waals surface area contributed by atoms with E-state index in [4.69, 9.17) is 0 Å². The Morgan fingerprint density at radius 3 is 2.89 bits per heavy atom. The highest BCUT2D eigenvalue weighted by molar-refractivity contribution is 5.57. The van der Waals surface area contributed by atoms with Crippen LogP contribution in [0.25, 0.3) is 0 Å².